The van der Waals surface area contributed by atoms with E-state index in [4.69, 9.17) is 4.74 Å². The first-order valence-corrected chi connectivity index (χ1v) is 9.14. The van der Waals surface area contributed by atoms with Crippen LogP contribution in [0.25, 0.3) is 0 Å². The number of aliphatic imine (C=N–C) groups is 1. The highest BCUT2D eigenvalue weighted by Gasteiger charge is 2.06. The third kappa shape index (κ3) is 6.66. The molecule has 0 aliphatic rings. The average Bonchev–Trinajstić information content (AvgIpc) is 2.69. The second-order valence-electron chi connectivity index (χ2n) is 6.02. The second-order valence-corrected chi connectivity index (χ2v) is 6.02. The first-order chi connectivity index (χ1) is 13.1. The van der Waals surface area contributed by atoms with Gasteiger partial charge in [0.2, 0.25) is 0 Å². The number of guanidine groups is 1. The molecule has 144 valence electrons. The van der Waals surface area contributed by atoms with E-state index in [9.17, 15) is 4.79 Å². The number of hydrogen-bond donors (Lipinski definition) is 3. The van der Waals surface area contributed by atoms with Gasteiger partial charge in [0.25, 0.3) is 5.91 Å². The van der Waals surface area contributed by atoms with Gasteiger partial charge in [-0.1, -0.05) is 30.3 Å². The first kappa shape index (κ1) is 20.3. The summed E-state index contributed by atoms with van der Waals surface area (Å²) in [5.41, 5.74) is 2.89. The zero-order valence-corrected chi connectivity index (χ0v) is 16.2. The Morgan fingerprint density at radius 2 is 1.78 bits per heavy atom. The average molecular weight is 368 g/mol. The Kier molecular flexibility index (Phi) is 8.16. The van der Waals surface area contributed by atoms with E-state index in [0.717, 1.165) is 11.3 Å². The summed E-state index contributed by atoms with van der Waals surface area (Å²) in [5.74, 6) is 1.48. The Bertz CT molecular complexity index is 760. The molecule has 0 aliphatic carbocycles. The van der Waals surface area contributed by atoms with Crippen molar-refractivity contribution in [3.63, 3.8) is 0 Å². The summed E-state index contributed by atoms with van der Waals surface area (Å²) in [6.07, 6.45) is 0. The van der Waals surface area contributed by atoms with E-state index in [1.807, 2.05) is 38.1 Å². The number of rotatable bonds is 8. The fraction of sp³-hybridized carbons (Fsp3) is 0.333. The van der Waals surface area contributed by atoms with Gasteiger partial charge in [0.1, 0.15) is 5.75 Å². The van der Waals surface area contributed by atoms with Crippen molar-refractivity contribution in [2.24, 2.45) is 4.99 Å². The number of ether oxygens (including phenoxy) is 1. The third-order valence-corrected chi connectivity index (χ3v) is 3.93. The van der Waals surface area contributed by atoms with Crippen LogP contribution in [0.1, 0.15) is 28.4 Å². The summed E-state index contributed by atoms with van der Waals surface area (Å²) < 4.78 is 5.70. The molecule has 1 amide bonds. The zero-order chi connectivity index (χ0) is 19.5. The lowest BCUT2D eigenvalue weighted by Crippen LogP contribution is -2.41. The number of nitrogens with one attached hydrogen (secondary N) is 3. The minimum absolute atomic E-state index is 0.0821. The van der Waals surface area contributed by atoms with E-state index < -0.39 is 0 Å². The van der Waals surface area contributed by atoms with Crippen LogP contribution in [-0.2, 0) is 6.54 Å². The monoisotopic (exact) mass is 368 g/mol. The van der Waals surface area contributed by atoms with Crippen molar-refractivity contribution < 1.29 is 9.53 Å². The molecule has 0 bridgehead atoms. The Balaban J connectivity index is 1.77. The van der Waals surface area contributed by atoms with Crippen LogP contribution in [0.4, 0.5) is 0 Å². The molecule has 0 radical (unpaired) electrons. The van der Waals surface area contributed by atoms with Crippen LogP contribution in [0, 0.1) is 6.92 Å². The number of amides is 1. The quantitative estimate of drug-likeness (QED) is 0.380. The number of hydrogen-bond acceptors (Lipinski definition) is 3. The zero-order valence-electron chi connectivity index (χ0n) is 16.2. The van der Waals surface area contributed by atoms with Crippen molar-refractivity contribution in [2.75, 3.05) is 26.7 Å². The van der Waals surface area contributed by atoms with Crippen molar-refractivity contribution in [1.82, 2.24) is 16.0 Å². The van der Waals surface area contributed by atoms with Crippen LogP contribution in [0.3, 0.4) is 0 Å². The van der Waals surface area contributed by atoms with Crippen LogP contribution >= 0.6 is 0 Å². The summed E-state index contributed by atoms with van der Waals surface area (Å²) in [6, 6.07) is 15.3. The lowest BCUT2D eigenvalue weighted by molar-refractivity contribution is 0.0954. The van der Waals surface area contributed by atoms with Crippen LogP contribution in [0.5, 0.6) is 5.75 Å². The molecule has 0 unspecified atom stereocenters. The highest BCUT2D eigenvalue weighted by Crippen LogP contribution is 2.20. The van der Waals surface area contributed by atoms with Crippen molar-refractivity contribution in [3.8, 4) is 5.75 Å². The molecular weight excluding hydrogens is 340 g/mol. The fourth-order valence-corrected chi connectivity index (χ4v) is 2.55. The lowest BCUT2D eigenvalue weighted by atomic mass is 10.1. The SMILES string of the molecule is CCOc1cc(C)ccc1CNC(=NC)NCCNC(=O)c1ccccc1. The standard InChI is InChI=1S/C21H28N4O2/c1-4-27-19-14-16(2)10-11-18(19)15-25-21(22-3)24-13-12-23-20(26)17-8-6-5-7-9-17/h5-11,14H,4,12-13,15H2,1-3H3,(H,23,26)(H2,22,24,25). The molecule has 2 rings (SSSR count). The molecule has 0 atom stereocenters. The molecule has 0 heterocycles. The molecule has 6 nitrogen and oxygen atoms in total. The molecule has 0 spiro atoms. The van der Waals surface area contributed by atoms with Gasteiger partial charge in [-0.3, -0.25) is 9.79 Å². The maximum Gasteiger partial charge on any atom is 0.251 e. The number of aryl methyl sites for hydroxylation is 1. The molecule has 0 saturated carbocycles. The Morgan fingerprint density at radius 1 is 1.04 bits per heavy atom. The molecule has 0 aliphatic heterocycles. The fourth-order valence-electron chi connectivity index (χ4n) is 2.55. The van der Waals surface area contributed by atoms with Crippen molar-refractivity contribution in [2.45, 2.75) is 20.4 Å². The van der Waals surface area contributed by atoms with Gasteiger partial charge >= 0.3 is 0 Å². The van der Waals surface area contributed by atoms with Crippen molar-refractivity contribution in [3.05, 3.63) is 65.2 Å². The molecule has 0 fully saturated rings. The largest absolute Gasteiger partial charge is 0.494 e. The molecule has 3 N–H and O–H groups in total. The molecule has 2 aromatic rings. The highest BCUT2D eigenvalue weighted by atomic mass is 16.5. The van der Waals surface area contributed by atoms with E-state index in [1.165, 1.54) is 5.56 Å². The number of carbonyl (C=O) groups is 1. The Hall–Kier alpha value is -3.02. The van der Waals surface area contributed by atoms with Gasteiger partial charge in [0.05, 0.1) is 6.61 Å². The van der Waals surface area contributed by atoms with Gasteiger partial charge in [0, 0.05) is 37.8 Å². The van der Waals surface area contributed by atoms with Gasteiger partial charge in [-0.05, 0) is 37.6 Å². The summed E-state index contributed by atoms with van der Waals surface area (Å²) in [5, 5.41) is 9.34. The lowest BCUT2D eigenvalue weighted by Gasteiger charge is -2.15. The van der Waals surface area contributed by atoms with Crippen LogP contribution in [0.2, 0.25) is 0 Å². The van der Waals surface area contributed by atoms with Crippen LogP contribution < -0.4 is 20.7 Å². The molecule has 2 aromatic carbocycles. The summed E-state index contributed by atoms with van der Waals surface area (Å²) in [4.78, 5) is 16.2. The summed E-state index contributed by atoms with van der Waals surface area (Å²) in [6.45, 7) is 6.33. The molecule has 0 saturated heterocycles. The first-order valence-electron chi connectivity index (χ1n) is 9.14. The molecule has 27 heavy (non-hydrogen) atoms. The van der Waals surface area contributed by atoms with E-state index >= 15 is 0 Å². The van der Waals surface area contributed by atoms with Gasteiger partial charge in [-0.15, -0.1) is 0 Å². The molecule has 6 heteroatoms. The van der Waals surface area contributed by atoms with Crippen molar-refractivity contribution in [1.29, 1.82) is 0 Å². The number of nitrogens with zero attached hydrogens (tertiary/aromatic N) is 1. The predicted molar refractivity (Wildman–Crippen MR) is 109 cm³/mol. The Labute approximate surface area is 161 Å². The van der Waals surface area contributed by atoms with Gasteiger partial charge in [-0.25, -0.2) is 0 Å². The Morgan fingerprint density at radius 3 is 2.48 bits per heavy atom. The van der Waals surface area contributed by atoms with Crippen LogP contribution in [0.15, 0.2) is 53.5 Å². The molecular formula is C21H28N4O2. The van der Waals surface area contributed by atoms with Crippen molar-refractivity contribution >= 4 is 11.9 Å². The van der Waals surface area contributed by atoms with E-state index in [0.29, 0.717) is 37.8 Å². The van der Waals surface area contributed by atoms with Gasteiger partial charge < -0.3 is 20.7 Å². The summed E-state index contributed by atoms with van der Waals surface area (Å²) >= 11 is 0. The van der Waals surface area contributed by atoms with Gasteiger partial charge in [0.15, 0.2) is 5.96 Å². The topological polar surface area (TPSA) is 74.8 Å². The van der Waals surface area contributed by atoms with E-state index in [-0.39, 0.29) is 5.91 Å². The minimum atomic E-state index is -0.0821. The second kappa shape index (κ2) is 10.9. The normalized spacial score (nSPS) is 11.0. The number of benzene rings is 2. The highest BCUT2D eigenvalue weighted by molar-refractivity contribution is 5.94. The van der Waals surface area contributed by atoms with E-state index in [2.05, 4.69) is 33.1 Å². The smallest absolute Gasteiger partial charge is 0.251 e. The van der Waals surface area contributed by atoms with Gasteiger partial charge in [-0.2, -0.15) is 0 Å². The van der Waals surface area contributed by atoms with Crippen LogP contribution in [-0.4, -0.2) is 38.6 Å². The maximum atomic E-state index is 12.0. The number of carbonyl (C=O) groups excluding carboxylic acids is 1. The summed E-state index contributed by atoms with van der Waals surface area (Å²) in [7, 11) is 1.72. The third-order valence-electron chi connectivity index (χ3n) is 3.93. The van der Waals surface area contributed by atoms with E-state index in [1.54, 1.807) is 19.2 Å². The minimum Gasteiger partial charge on any atom is -0.494 e. The predicted octanol–water partition coefficient (Wildman–Crippen LogP) is 2.49. The maximum absolute atomic E-state index is 12.0. The molecule has 0 aromatic heterocycles.